The third-order valence-electron chi connectivity index (χ3n) is 5.12. The maximum Gasteiger partial charge on any atom is 0.290 e. The molecular formula is C19H20ClN3O3. The van der Waals surface area contributed by atoms with Crippen molar-refractivity contribution in [2.24, 2.45) is 11.3 Å². The molecule has 6 nitrogen and oxygen atoms in total. The first-order chi connectivity index (χ1) is 12.3. The minimum Gasteiger partial charge on any atom is -0.351 e. The molecule has 0 aliphatic heterocycles. The quantitative estimate of drug-likeness (QED) is 0.843. The zero-order valence-electron chi connectivity index (χ0n) is 14.6. The summed E-state index contributed by atoms with van der Waals surface area (Å²) in [6.07, 6.45) is 1.66. The normalized spacial score (nSPS) is 25.4. The zero-order valence-corrected chi connectivity index (χ0v) is 15.3. The molecule has 1 aromatic heterocycles. The number of benzene rings is 1. The van der Waals surface area contributed by atoms with Gasteiger partial charge in [-0.2, -0.15) is 0 Å². The molecule has 7 heteroatoms. The van der Waals surface area contributed by atoms with E-state index >= 15 is 0 Å². The maximum absolute atomic E-state index is 12.3. The van der Waals surface area contributed by atoms with Crippen LogP contribution in [-0.2, 0) is 4.79 Å². The van der Waals surface area contributed by atoms with Gasteiger partial charge in [0.25, 0.3) is 5.91 Å². The molecule has 4 rings (SSSR count). The summed E-state index contributed by atoms with van der Waals surface area (Å²) in [5, 5.41) is 10.4. The fourth-order valence-corrected chi connectivity index (χ4v) is 3.31. The highest BCUT2D eigenvalue weighted by molar-refractivity contribution is 6.30. The number of hydrogen-bond donors (Lipinski definition) is 2. The monoisotopic (exact) mass is 373 g/mol. The second kappa shape index (κ2) is 6.13. The highest BCUT2D eigenvalue weighted by Gasteiger charge is 2.52. The van der Waals surface area contributed by atoms with Crippen molar-refractivity contribution in [2.75, 3.05) is 0 Å². The van der Waals surface area contributed by atoms with Crippen LogP contribution in [0.2, 0.25) is 5.02 Å². The van der Waals surface area contributed by atoms with Crippen LogP contribution in [0.15, 0.2) is 34.9 Å². The first-order valence-electron chi connectivity index (χ1n) is 8.67. The molecule has 2 aliphatic carbocycles. The third-order valence-corrected chi connectivity index (χ3v) is 5.35. The molecule has 136 valence electrons. The fraction of sp³-hybridized carbons (Fsp3) is 0.421. The van der Waals surface area contributed by atoms with Crippen molar-refractivity contribution in [3.63, 3.8) is 0 Å². The van der Waals surface area contributed by atoms with Crippen molar-refractivity contribution in [1.82, 2.24) is 15.8 Å². The number of aromatic nitrogens is 1. The number of halogens is 1. The van der Waals surface area contributed by atoms with Gasteiger partial charge in [-0.25, -0.2) is 0 Å². The molecule has 3 atom stereocenters. The summed E-state index contributed by atoms with van der Waals surface area (Å²) >= 11 is 5.97. The summed E-state index contributed by atoms with van der Waals surface area (Å²) in [4.78, 5) is 24.4. The van der Waals surface area contributed by atoms with Gasteiger partial charge in [0, 0.05) is 22.6 Å². The summed E-state index contributed by atoms with van der Waals surface area (Å²) in [7, 11) is 0. The smallest absolute Gasteiger partial charge is 0.290 e. The molecule has 0 saturated heterocycles. The lowest BCUT2D eigenvalue weighted by atomic mass is 10.1. The van der Waals surface area contributed by atoms with Crippen LogP contribution >= 0.6 is 11.6 Å². The van der Waals surface area contributed by atoms with E-state index in [-0.39, 0.29) is 41.0 Å². The first kappa shape index (κ1) is 17.1. The molecule has 2 N–H and O–H groups in total. The van der Waals surface area contributed by atoms with Gasteiger partial charge in [0.2, 0.25) is 11.7 Å². The van der Waals surface area contributed by atoms with Crippen LogP contribution in [0.4, 0.5) is 0 Å². The Morgan fingerprint density at radius 3 is 2.65 bits per heavy atom. The van der Waals surface area contributed by atoms with Gasteiger partial charge in [-0.15, -0.1) is 0 Å². The van der Waals surface area contributed by atoms with Crippen LogP contribution in [-0.4, -0.2) is 29.1 Å². The number of carbonyl (C=O) groups excluding carboxylic acids is 2. The summed E-state index contributed by atoms with van der Waals surface area (Å²) in [6.45, 7) is 4.18. The fourth-order valence-electron chi connectivity index (χ4n) is 3.12. The van der Waals surface area contributed by atoms with Crippen LogP contribution in [0.25, 0.3) is 11.3 Å². The van der Waals surface area contributed by atoms with Crippen molar-refractivity contribution in [2.45, 2.75) is 38.8 Å². The third kappa shape index (κ3) is 3.46. The molecular weight excluding hydrogens is 354 g/mol. The van der Waals surface area contributed by atoms with E-state index in [2.05, 4.69) is 29.6 Å². The summed E-state index contributed by atoms with van der Waals surface area (Å²) in [5.74, 6) is -0.0202. The molecule has 2 aliphatic rings. The Labute approximate surface area is 156 Å². The number of hydrogen-bond acceptors (Lipinski definition) is 4. The van der Waals surface area contributed by atoms with Crippen molar-refractivity contribution in [1.29, 1.82) is 0 Å². The second-order valence-electron chi connectivity index (χ2n) is 7.76. The van der Waals surface area contributed by atoms with E-state index in [0.717, 1.165) is 18.4 Å². The van der Waals surface area contributed by atoms with Crippen LogP contribution in [0.1, 0.15) is 37.2 Å². The van der Waals surface area contributed by atoms with Crippen molar-refractivity contribution >= 4 is 23.4 Å². The topological polar surface area (TPSA) is 84.2 Å². The lowest BCUT2D eigenvalue weighted by molar-refractivity contribution is -0.123. The van der Waals surface area contributed by atoms with Gasteiger partial charge < -0.3 is 15.2 Å². The lowest BCUT2D eigenvalue weighted by Gasteiger charge is -2.06. The minimum absolute atomic E-state index is 0.00169. The van der Waals surface area contributed by atoms with E-state index in [1.807, 2.05) is 12.1 Å². The Kier molecular flexibility index (Phi) is 4.03. The van der Waals surface area contributed by atoms with Gasteiger partial charge in [0.15, 0.2) is 0 Å². The van der Waals surface area contributed by atoms with E-state index in [4.69, 9.17) is 16.1 Å². The predicted octanol–water partition coefficient (Wildman–Crippen LogP) is 3.03. The number of amides is 2. The maximum atomic E-state index is 12.3. The van der Waals surface area contributed by atoms with Crippen LogP contribution in [0.5, 0.6) is 0 Å². The van der Waals surface area contributed by atoms with Crippen LogP contribution < -0.4 is 10.6 Å². The zero-order chi connectivity index (χ0) is 18.5. The molecule has 1 heterocycles. The Hall–Kier alpha value is -2.34. The molecule has 1 aromatic carbocycles. The summed E-state index contributed by atoms with van der Waals surface area (Å²) in [6, 6.07) is 8.70. The molecule has 1 unspecified atom stereocenters. The largest absolute Gasteiger partial charge is 0.351 e. The Morgan fingerprint density at radius 2 is 1.96 bits per heavy atom. The van der Waals surface area contributed by atoms with Crippen LogP contribution in [0, 0.1) is 11.3 Å². The average molecular weight is 374 g/mol. The van der Waals surface area contributed by atoms with E-state index < -0.39 is 0 Å². The molecule has 0 spiro atoms. The van der Waals surface area contributed by atoms with Crippen molar-refractivity contribution < 1.29 is 14.1 Å². The highest BCUT2D eigenvalue weighted by atomic mass is 35.5. The molecule has 2 saturated carbocycles. The molecule has 2 amide bonds. The second-order valence-corrected chi connectivity index (χ2v) is 8.20. The van der Waals surface area contributed by atoms with E-state index in [0.29, 0.717) is 10.7 Å². The van der Waals surface area contributed by atoms with Crippen molar-refractivity contribution in [3.05, 3.63) is 41.1 Å². The van der Waals surface area contributed by atoms with Crippen LogP contribution in [0.3, 0.4) is 0 Å². The van der Waals surface area contributed by atoms with E-state index in [9.17, 15) is 9.59 Å². The lowest BCUT2D eigenvalue weighted by Crippen LogP contribution is -2.35. The van der Waals surface area contributed by atoms with Gasteiger partial charge >= 0.3 is 0 Å². The highest BCUT2D eigenvalue weighted by Crippen LogP contribution is 2.51. The van der Waals surface area contributed by atoms with Gasteiger partial charge in [0.05, 0.1) is 12.1 Å². The summed E-state index contributed by atoms with van der Waals surface area (Å²) in [5.41, 5.74) is 1.44. The van der Waals surface area contributed by atoms with E-state index in [1.54, 1.807) is 18.2 Å². The Balaban J connectivity index is 1.32. The van der Waals surface area contributed by atoms with Crippen molar-refractivity contribution in [3.8, 4) is 11.3 Å². The van der Waals surface area contributed by atoms with Gasteiger partial charge in [-0.05, 0) is 30.4 Å². The SMILES string of the molecule is CC1(C)CC1C(=O)N[C@H]1C[C@@H]1NC(=O)c1cc(-c2cccc(Cl)c2)no1. The molecule has 2 aromatic rings. The number of nitrogens with zero attached hydrogens (tertiary/aromatic N) is 1. The summed E-state index contributed by atoms with van der Waals surface area (Å²) < 4.78 is 5.15. The van der Waals surface area contributed by atoms with Gasteiger partial charge in [0.1, 0.15) is 5.69 Å². The molecule has 0 bridgehead atoms. The molecule has 26 heavy (non-hydrogen) atoms. The number of rotatable bonds is 5. The van der Waals surface area contributed by atoms with Gasteiger partial charge in [-0.1, -0.05) is 42.7 Å². The average Bonchev–Trinajstić information content (AvgIpc) is 3.38. The Morgan fingerprint density at radius 1 is 1.23 bits per heavy atom. The standard InChI is InChI=1S/C19H20ClN3O3/c1-19(2)9-12(19)17(24)21-14-7-15(14)22-18(25)16-8-13(23-26-16)10-4-3-5-11(20)6-10/h3-6,8,12,14-15H,7,9H2,1-2H3,(H,21,24)(H,22,25)/t12?,14-,15-/m0/s1. The first-order valence-corrected chi connectivity index (χ1v) is 9.05. The van der Waals surface area contributed by atoms with E-state index in [1.165, 1.54) is 0 Å². The predicted molar refractivity (Wildman–Crippen MR) is 96.6 cm³/mol. The number of carbonyl (C=O) groups is 2. The Bertz CT molecular complexity index is 876. The molecule has 0 radical (unpaired) electrons. The molecule has 2 fully saturated rings. The number of nitrogens with one attached hydrogen (secondary N) is 2. The minimum atomic E-state index is -0.334. The van der Waals surface area contributed by atoms with Gasteiger partial charge in [-0.3, -0.25) is 9.59 Å².